The number of hydrogen-bond acceptors (Lipinski definition) is 2. The van der Waals surface area contributed by atoms with Crippen LogP contribution in [-0.4, -0.2) is 13.0 Å². The van der Waals surface area contributed by atoms with Crippen molar-refractivity contribution in [2.75, 3.05) is 11.9 Å². The van der Waals surface area contributed by atoms with E-state index in [1.54, 1.807) is 37.4 Å². The molecule has 3 nitrogen and oxygen atoms in total. The molecule has 0 saturated heterocycles. The van der Waals surface area contributed by atoms with Gasteiger partial charge in [0.1, 0.15) is 5.82 Å². The Bertz CT molecular complexity index is 692. The van der Waals surface area contributed by atoms with Crippen LogP contribution < -0.4 is 4.90 Å². The van der Waals surface area contributed by atoms with E-state index in [-0.39, 0.29) is 5.56 Å². The lowest BCUT2D eigenvalue weighted by molar-refractivity contribution is 0.0989. The third kappa shape index (κ3) is 2.86. The summed E-state index contributed by atoms with van der Waals surface area (Å²) < 4.78 is 14.4. The van der Waals surface area contributed by atoms with E-state index in [4.69, 9.17) is 5.26 Å². The predicted octanol–water partition coefficient (Wildman–Crippen LogP) is 3.74. The number of nitriles is 1. The maximum atomic E-state index is 13.8. The third-order valence-corrected chi connectivity index (χ3v) is 3.34. The SMILES string of the molecule is CN(C(=O)c1ccc(Br)cc1F)c1ccc(C#N)cc1. The van der Waals surface area contributed by atoms with Crippen molar-refractivity contribution in [1.29, 1.82) is 5.26 Å². The molecule has 0 saturated carbocycles. The molecule has 0 aliphatic heterocycles. The number of nitrogens with zero attached hydrogens (tertiary/aromatic N) is 2. The van der Waals surface area contributed by atoms with Gasteiger partial charge in [-0.15, -0.1) is 0 Å². The first-order chi connectivity index (χ1) is 9.52. The number of hydrogen-bond donors (Lipinski definition) is 0. The summed E-state index contributed by atoms with van der Waals surface area (Å²) in [6, 6.07) is 12.8. The zero-order valence-electron chi connectivity index (χ0n) is 10.6. The maximum Gasteiger partial charge on any atom is 0.260 e. The molecule has 0 atom stereocenters. The van der Waals surface area contributed by atoms with E-state index < -0.39 is 11.7 Å². The van der Waals surface area contributed by atoms with Gasteiger partial charge in [0.05, 0.1) is 17.2 Å². The van der Waals surface area contributed by atoms with Crippen molar-refractivity contribution in [3.63, 3.8) is 0 Å². The highest BCUT2D eigenvalue weighted by atomic mass is 79.9. The van der Waals surface area contributed by atoms with E-state index in [9.17, 15) is 9.18 Å². The minimum atomic E-state index is -0.579. The van der Waals surface area contributed by atoms with Crippen LogP contribution in [0.25, 0.3) is 0 Å². The molecule has 0 aromatic heterocycles. The molecule has 2 rings (SSSR count). The summed E-state index contributed by atoms with van der Waals surface area (Å²) in [5.41, 5.74) is 1.10. The van der Waals surface area contributed by atoms with E-state index >= 15 is 0 Å². The zero-order valence-corrected chi connectivity index (χ0v) is 12.2. The summed E-state index contributed by atoms with van der Waals surface area (Å²) in [7, 11) is 1.56. The Morgan fingerprint density at radius 1 is 1.25 bits per heavy atom. The highest BCUT2D eigenvalue weighted by molar-refractivity contribution is 9.10. The number of amides is 1. The van der Waals surface area contributed by atoms with Crippen molar-refractivity contribution in [3.05, 3.63) is 63.9 Å². The van der Waals surface area contributed by atoms with Crippen LogP contribution in [0.2, 0.25) is 0 Å². The molecule has 0 heterocycles. The average Bonchev–Trinajstić information content (AvgIpc) is 2.46. The third-order valence-electron chi connectivity index (χ3n) is 2.85. The maximum absolute atomic E-state index is 13.8. The minimum Gasteiger partial charge on any atom is -0.311 e. The number of carbonyl (C=O) groups is 1. The van der Waals surface area contributed by atoms with Gasteiger partial charge in [-0.05, 0) is 42.5 Å². The molecule has 0 unspecified atom stereocenters. The molecule has 2 aromatic carbocycles. The number of anilines is 1. The second-order valence-corrected chi connectivity index (χ2v) is 5.06. The van der Waals surface area contributed by atoms with Crippen LogP contribution in [0.5, 0.6) is 0 Å². The molecule has 0 aliphatic rings. The van der Waals surface area contributed by atoms with Crippen LogP contribution in [0.3, 0.4) is 0 Å². The summed E-state index contributed by atoms with van der Waals surface area (Å²) in [5, 5.41) is 8.73. The standard InChI is InChI=1S/C15H10BrFN2O/c1-19(12-5-2-10(9-18)3-6-12)15(20)13-7-4-11(16)8-14(13)17/h2-8H,1H3. The fourth-order valence-corrected chi connectivity index (χ4v) is 2.05. The van der Waals surface area contributed by atoms with E-state index in [0.717, 1.165) is 0 Å². The number of carbonyl (C=O) groups excluding carboxylic acids is 1. The topological polar surface area (TPSA) is 44.1 Å². The van der Waals surface area contributed by atoms with Gasteiger partial charge in [-0.25, -0.2) is 4.39 Å². The molecule has 0 spiro atoms. The molecule has 0 N–H and O–H groups in total. The van der Waals surface area contributed by atoms with Gasteiger partial charge >= 0.3 is 0 Å². The molecule has 0 bridgehead atoms. The van der Waals surface area contributed by atoms with Crippen LogP contribution >= 0.6 is 15.9 Å². The van der Waals surface area contributed by atoms with E-state index in [1.807, 2.05) is 6.07 Å². The molecule has 1 amide bonds. The summed E-state index contributed by atoms with van der Waals surface area (Å²) in [6.07, 6.45) is 0. The Labute approximate surface area is 124 Å². The van der Waals surface area contributed by atoms with Gasteiger partial charge in [0.2, 0.25) is 0 Å². The highest BCUT2D eigenvalue weighted by Gasteiger charge is 2.17. The van der Waals surface area contributed by atoms with Crippen LogP contribution in [-0.2, 0) is 0 Å². The lowest BCUT2D eigenvalue weighted by atomic mass is 10.1. The Morgan fingerprint density at radius 2 is 1.90 bits per heavy atom. The average molecular weight is 333 g/mol. The lowest BCUT2D eigenvalue weighted by Crippen LogP contribution is -2.27. The second kappa shape index (κ2) is 5.85. The van der Waals surface area contributed by atoms with Crippen molar-refractivity contribution < 1.29 is 9.18 Å². The van der Waals surface area contributed by atoms with Gasteiger partial charge in [0, 0.05) is 17.2 Å². The van der Waals surface area contributed by atoms with E-state index in [2.05, 4.69) is 15.9 Å². The molecule has 2 aromatic rings. The molecule has 5 heteroatoms. The van der Waals surface area contributed by atoms with Crippen LogP contribution in [0.4, 0.5) is 10.1 Å². The van der Waals surface area contributed by atoms with Gasteiger partial charge in [0.15, 0.2) is 0 Å². The van der Waals surface area contributed by atoms with E-state index in [0.29, 0.717) is 15.7 Å². The predicted molar refractivity (Wildman–Crippen MR) is 78.0 cm³/mol. The molecule has 100 valence electrons. The monoisotopic (exact) mass is 332 g/mol. The summed E-state index contributed by atoms with van der Waals surface area (Å²) in [5.74, 6) is -1.02. The summed E-state index contributed by atoms with van der Waals surface area (Å²) >= 11 is 3.15. The van der Waals surface area contributed by atoms with Crippen molar-refractivity contribution in [1.82, 2.24) is 0 Å². The van der Waals surface area contributed by atoms with Crippen molar-refractivity contribution >= 4 is 27.5 Å². The first kappa shape index (κ1) is 14.2. The second-order valence-electron chi connectivity index (χ2n) is 4.15. The van der Waals surface area contributed by atoms with Gasteiger partial charge in [-0.3, -0.25) is 4.79 Å². The number of halogens is 2. The fraction of sp³-hybridized carbons (Fsp3) is 0.0667. The fourth-order valence-electron chi connectivity index (χ4n) is 1.72. The van der Waals surface area contributed by atoms with E-state index in [1.165, 1.54) is 17.0 Å². The lowest BCUT2D eigenvalue weighted by Gasteiger charge is -2.17. The molecule has 0 radical (unpaired) electrons. The number of rotatable bonds is 2. The smallest absolute Gasteiger partial charge is 0.260 e. The van der Waals surface area contributed by atoms with Crippen molar-refractivity contribution in [2.24, 2.45) is 0 Å². The van der Waals surface area contributed by atoms with Crippen molar-refractivity contribution in [3.8, 4) is 6.07 Å². The Kier molecular flexibility index (Phi) is 4.16. The molecule has 0 fully saturated rings. The Hall–Kier alpha value is -2.19. The summed E-state index contributed by atoms with van der Waals surface area (Å²) in [4.78, 5) is 13.6. The van der Waals surface area contributed by atoms with Gasteiger partial charge in [-0.1, -0.05) is 15.9 Å². The molecular weight excluding hydrogens is 323 g/mol. The first-order valence-corrected chi connectivity index (χ1v) is 6.55. The summed E-state index contributed by atoms with van der Waals surface area (Å²) in [6.45, 7) is 0. The van der Waals surface area contributed by atoms with Gasteiger partial charge in [0.25, 0.3) is 5.91 Å². The zero-order chi connectivity index (χ0) is 14.7. The van der Waals surface area contributed by atoms with Gasteiger partial charge in [-0.2, -0.15) is 5.26 Å². The van der Waals surface area contributed by atoms with Crippen LogP contribution in [0, 0.1) is 17.1 Å². The van der Waals surface area contributed by atoms with Crippen LogP contribution in [0.15, 0.2) is 46.9 Å². The van der Waals surface area contributed by atoms with Crippen LogP contribution in [0.1, 0.15) is 15.9 Å². The largest absolute Gasteiger partial charge is 0.311 e. The molecule has 20 heavy (non-hydrogen) atoms. The normalized spacial score (nSPS) is 9.90. The Balaban J connectivity index is 2.30. The quantitative estimate of drug-likeness (QED) is 0.840. The molecular formula is C15H10BrFN2O. The number of benzene rings is 2. The highest BCUT2D eigenvalue weighted by Crippen LogP contribution is 2.20. The Morgan fingerprint density at radius 3 is 2.45 bits per heavy atom. The molecule has 0 aliphatic carbocycles. The first-order valence-electron chi connectivity index (χ1n) is 5.76. The minimum absolute atomic E-state index is 0.0000553. The van der Waals surface area contributed by atoms with Gasteiger partial charge < -0.3 is 4.90 Å². The van der Waals surface area contributed by atoms with Crippen molar-refractivity contribution in [2.45, 2.75) is 0 Å².